The summed E-state index contributed by atoms with van der Waals surface area (Å²) in [5, 5.41) is 13.1. The molecule has 0 bridgehead atoms. The van der Waals surface area contributed by atoms with E-state index in [9.17, 15) is 19.7 Å². The number of nitro groups is 1. The molecule has 0 spiro atoms. The molecule has 0 radical (unpaired) electrons. The molecule has 1 aromatic rings. The van der Waals surface area contributed by atoms with Gasteiger partial charge in [-0.1, -0.05) is 23.2 Å². The van der Waals surface area contributed by atoms with Gasteiger partial charge in [0.15, 0.2) is 0 Å². The van der Waals surface area contributed by atoms with E-state index in [-0.39, 0.29) is 40.2 Å². The Morgan fingerprint density at radius 1 is 1.27 bits per heavy atom. The summed E-state index contributed by atoms with van der Waals surface area (Å²) in [4.78, 5) is 32.9. The lowest BCUT2D eigenvalue weighted by molar-refractivity contribution is -0.384. The first-order valence-corrected chi connectivity index (χ1v) is 7.19. The third kappa shape index (κ3) is 5.50. The van der Waals surface area contributed by atoms with Gasteiger partial charge in [0.05, 0.1) is 27.3 Å². The summed E-state index contributed by atoms with van der Waals surface area (Å²) in [6.45, 7) is 1.99. The van der Waals surface area contributed by atoms with Crippen LogP contribution in [0.3, 0.4) is 0 Å². The van der Waals surface area contributed by atoms with Gasteiger partial charge in [0, 0.05) is 25.0 Å². The van der Waals surface area contributed by atoms with E-state index in [0.29, 0.717) is 13.0 Å². The molecule has 0 aliphatic rings. The summed E-state index contributed by atoms with van der Waals surface area (Å²) in [6, 6.07) is 2.20. The Balaban J connectivity index is 2.61. The number of carbonyl (C=O) groups is 2. The molecule has 0 saturated carbocycles. The molecular formula is C13H14Cl2N2O5. The van der Waals surface area contributed by atoms with Gasteiger partial charge in [0.25, 0.3) is 5.69 Å². The number of rotatable bonds is 7. The highest BCUT2D eigenvalue weighted by Gasteiger charge is 2.16. The number of hydrogen-bond donors (Lipinski definition) is 1. The van der Waals surface area contributed by atoms with Crippen molar-refractivity contribution < 1.29 is 19.2 Å². The molecule has 0 atom stereocenters. The fourth-order valence-corrected chi connectivity index (χ4v) is 2.18. The fourth-order valence-electron chi connectivity index (χ4n) is 1.61. The predicted octanol–water partition coefficient (Wildman–Crippen LogP) is 3.57. The number of esters is 1. The molecule has 0 aliphatic heterocycles. The van der Waals surface area contributed by atoms with E-state index < -0.39 is 10.8 Å². The van der Waals surface area contributed by atoms with E-state index in [1.807, 2.05) is 0 Å². The van der Waals surface area contributed by atoms with Crippen LogP contribution >= 0.6 is 23.2 Å². The van der Waals surface area contributed by atoms with Crippen LogP contribution in [0.25, 0.3) is 0 Å². The number of hydrogen-bond acceptors (Lipinski definition) is 5. The largest absolute Gasteiger partial charge is 0.466 e. The summed E-state index contributed by atoms with van der Waals surface area (Å²) >= 11 is 11.7. The van der Waals surface area contributed by atoms with Crippen molar-refractivity contribution in [3.05, 3.63) is 32.3 Å². The number of nitrogens with one attached hydrogen (secondary N) is 1. The Kier molecular flexibility index (Phi) is 7.07. The maximum absolute atomic E-state index is 11.8. The third-order valence-electron chi connectivity index (χ3n) is 2.59. The normalized spacial score (nSPS) is 10.1. The van der Waals surface area contributed by atoms with Crippen molar-refractivity contribution in [3.63, 3.8) is 0 Å². The molecule has 1 amide bonds. The highest BCUT2D eigenvalue weighted by molar-refractivity contribution is 6.40. The summed E-state index contributed by atoms with van der Waals surface area (Å²) in [5.41, 5.74) is -0.162. The van der Waals surface area contributed by atoms with E-state index in [1.54, 1.807) is 6.92 Å². The van der Waals surface area contributed by atoms with Crippen LogP contribution in [-0.4, -0.2) is 23.4 Å². The number of nitro benzene ring substituents is 1. The van der Waals surface area contributed by atoms with Crippen molar-refractivity contribution in [1.29, 1.82) is 0 Å². The molecule has 0 saturated heterocycles. The van der Waals surface area contributed by atoms with Crippen LogP contribution < -0.4 is 5.32 Å². The van der Waals surface area contributed by atoms with Crippen molar-refractivity contribution in [2.45, 2.75) is 26.2 Å². The number of carbonyl (C=O) groups excluding carboxylic acids is 2. The second-order valence-electron chi connectivity index (χ2n) is 4.25. The standard InChI is InChI=1S/C13H14Cl2N2O5/c1-2-22-12(19)5-3-4-11(18)16-13-9(14)6-8(17(20)21)7-10(13)15/h6-7H,2-5H2,1H3,(H,16,18). The van der Waals surface area contributed by atoms with E-state index >= 15 is 0 Å². The van der Waals surface area contributed by atoms with Gasteiger partial charge in [-0.2, -0.15) is 0 Å². The van der Waals surface area contributed by atoms with Crippen molar-refractivity contribution in [3.8, 4) is 0 Å². The van der Waals surface area contributed by atoms with Gasteiger partial charge in [-0.15, -0.1) is 0 Å². The quantitative estimate of drug-likeness (QED) is 0.461. The highest BCUT2D eigenvalue weighted by Crippen LogP contribution is 2.34. The molecule has 120 valence electrons. The zero-order valence-electron chi connectivity index (χ0n) is 11.7. The second-order valence-corrected chi connectivity index (χ2v) is 5.06. The second kappa shape index (κ2) is 8.55. The molecule has 9 heteroatoms. The van der Waals surface area contributed by atoms with E-state index in [1.165, 1.54) is 0 Å². The maximum Gasteiger partial charge on any atom is 0.305 e. The zero-order valence-corrected chi connectivity index (χ0v) is 13.2. The summed E-state index contributed by atoms with van der Waals surface area (Å²) < 4.78 is 4.74. The topological polar surface area (TPSA) is 98.5 Å². The van der Waals surface area contributed by atoms with Crippen LogP contribution in [0, 0.1) is 10.1 Å². The lowest BCUT2D eigenvalue weighted by Crippen LogP contribution is -2.13. The monoisotopic (exact) mass is 348 g/mol. The van der Waals surface area contributed by atoms with Crippen LogP contribution in [-0.2, 0) is 14.3 Å². The van der Waals surface area contributed by atoms with Crippen LogP contribution in [0.15, 0.2) is 12.1 Å². The number of halogens is 2. The van der Waals surface area contributed by atoms with Gasteiger partial charge in [-0.3, -0.25) is 19.7 Å². The minimum absolute atomic E-state index is 0.0297. The lowest BCUT2D eigenvalue weighted by atomic mass is 10.2. The summed E-state index contributed by atoms with van der Waals surface area (Å²) in [5.74, 6) is -0.774. The molecule has 1 aromatic carbocycles. The molecule has 0 heterocycles. The Hall–Kier alpha value is -1.86. The van der Waals surface area contributed by atoms with Gasteiger partial charge in [-0.25, -0.2) is 0 Å². The van der Waals surface area contributed by atoms with Crippen LogP contribution in [0.5, 0.6) is 0 Å². The minimum atomic E-state index is -0.636. The highest BCUT2D eigenvalue weighted by atomic mass is 35.5. The van der Waals surface area contributed by atoms with E-state index in [4.69, 9.17) is 27.9 Å². The first kappa shape index (κ1) is 18.2. The number of amides is 1. The van der Waals surface area contributed by atoms with Crippen molar-refractivity contribution in [1.82, 2.24) is 0 Å². The number of benzene rings is 1. The zero-order chi connectivity index (χ0) is 16.7. The average molecular weight is 349 g/mol. The van der Waals surface area contributed by atoms with Gasteiger partial charge in [0.1, 0.15) is 0 Å². The predicted molar refractivity (Wildman–Crippen MR) is 82.2 cm³/mol. The molecular weight excluding hydrogens is 335 g/mol. The molecule has 0 unspecified atom stereocenters. The molecule has 0 fully saturated rings. The third-order valence-corrected chi connectivity index (χ3v) is 3.19. The Morgan fingerprint density at radius 2 is 1.86 bits per heavy atom. The number of anilines is 1. The minimum Gasteiger partial charge on any atom is -0.466 e. The first-order valence-electron chi connectivity index (χ1n) is 6.44. The summed E-state index contributed by atoms with van der Waals surface area (Å²) in [7, 11) is 0. The SMILES string of the molecule is CCOC(=O)CCCC(=O)Nc1c(Cl)cc([N+](=O)[O-])cc1Cl. The van der Waals surface area contributed by atoms with Gasteiger partial charge >= 0.3 is 5.97 Å². The Labute approximate surface area is 136 Å². The van der Waals surface area contributed by atoms with Gasteiger partial charge in [-0.05, 0) is 13.3 Å². The van der Waals surface area contributed by atoms with Crippen LogP contribution in [0.1, 0.15) is 26.2 Å². The molecule has 0 aromatic heterocycles. The average Bonchev–Trinajstić information content (AvgIpc) is 2.42. The van der Waals surface area contributed by atoms with Crippen molar-refractivity contribution >= 4 is 46.5 Å². The van der Waals surface area contributed by atoms with Gasteiger partial charge < -0.3 is 10.1 Å². The van der Waals surface area contributed by atoms with Crippen LogP contribution in [0.4, 0.5) is 11.4 Å². The molecule has 1 rings (SSSR count). The van der Waals surface area contributed by atoms with Crippen molar-refractivity contribution in [2.75, 3.05) is 11.9 Å². The van der Waals surface area contributed by atoms with E-state index in [2.05, 4.69) is 5.32 Å². The fraction of sp³-hybridized carbons (Fsp3) is 0.385. The lowest BCUT2D eigenvalue weighted by Gasteiger charge is -2.09. The Bertz CT molecular complexity index is 569. The number of nitrogens with zero attached hydrogens (tertiary/aromatic N) is 1. The number of ether oxygens (including phenoxy) is 1. The smallest absolute Gasteiger partial charge is 0.305 e. The van der Waals surface area contributed by atoms with Crippen molar-refractivity contribution in [2.24, 2.45) is 0 Å². The van der Waals surface area contributed by atoms with Gasteiger partial charge in [0.2, 0.25) is 5.91 Å². The first-order chi connectivity index (χ1) is 10.3. The molecule has 0 aliphatic carbocycles. The summed E-state index contributed by atoms with van der Waals surface area (Å²) in [6.07, 6.45) is 0.512. The molecule has 1 N–H and O–H groups in total. The maximum atomic E-state index is 11.8. The number of non-ortho nitro benzene ring substituents is 1. The molecule has 22 heavy (non-hydrogen) atoms. The molecule has 7 nitrogen and oxygen atoms in total. The Morgan fingerprint density at radius 3 is 2.36 bits per heavy atom. The van der Waals surface area contributed by atoms with E-state index in [0.717, 1.165) is 12.1 Å². The van der Waals surface area contributed by atoms with Crippen LogP contribution in [0.2, 0.25) is 10.0 Å².